The van der Waals surface area contributed by atoms with Crippen molar-refractivity contribution in [2.75, 3.05) is 6.54 Å². The van der Waals surface area contributed by atoms with Crippen molar-refractivity contribution in [3.8, 4) is 6.07 Å². The van der Waals surface area contributed by atoms with Gasteiger partial charge in [-0.05, 0) is 42.7 Å². The first-order chi connectivity index (χ1) is 9.78. The van der Waals surface area contributed by atoms with E-state index in [0.29, 0.717) is 19.5 Å². The lowest BCUT2D eigenvalue weighted by molar-refractivity contribution is -0.136. The summed E-state index contributed by atoms with van der Waals surface area (Å²) in [6.45, 7) is 1.09. The van der Waals surface area contributed by atoms with E-state index in [4.69, 9.17) is 5.26 Å². The minimum atomic E-state index is 0.189. The molecule has 4 nitrogen and oxygen atoms in total. The summed E-state index contributed by atoms with van der Waals surface area (Å²) in [5.41, 5.74) is 1.03. The van der Waals surface area contributed by atoms with E-state index in [2.05, 4.69) is 11.1 Å². The molecule has 2 aliphatic carbocycles. The first-order valence-corrected chi connectivity index (χ1v) is 7.32. The van der Waals surface area contributed by atoms with Crippen molar-refractivity contribution in [3.63, 3.8) is 0 Å². The fourth-order valence-corrected chi connectivity index (χ4v) is 3.34. The Morgan fingerprint density at radius 1 is 1.40 bits per heavy atom. The minimum Gasteiger partial charge on any atom is -0.337 e. The van der Waals surface area contributed by atoms with Crippen LogP contribution in [-0.4, -0.2) is 22.3 Å². The van der Waals surface area contributed by atoms with Gasteiger partial charge in [-0.2, -0.15) is 5.26 Å². The van der Waals surface area contributed by atoms with Crippen molar-refractivity contribution in [2.24, 2.45) is 17.8 Å². The van der Waals surface area contributed by atoms with E-state index < -0.39 is 0 Å². The number of carbonyl (C=O) groups excluding carboxylic acids is 1. The number of aromatic nitrogens is 1. The van der Waals surface area contributed by atoms with Gasteiger partial charge in [0.1, 0.15) is 0 Å². The fraction of sp³-hybridized carbons (Fsp3) is 0.562. The molecule has 0 N–H and O–H groups in total. The van der Waals surface area contributed by atoms with Crippen LogP contribution in [0, 0.1) is 29.1 Å². The Balaban J connectivity index is 1.65. The van der Waals surface area contributed by atoms with E-state index in [0.717, 1.165) is 30.2 Å². The number of amides is 1. The van der Waals surface area contributed by atoms with E-state index >= 15 is 0 Å². The van der Waals surface area contributed by atoms with Gasteiger partial charge in [-0.3, -0.25) is 9.78 Å². The van der Waals surface area contributed by atoms with E-state index in [1.165, 1.54) is 6.42 Å². The van der Waals surface area contributed by atoms with E-state index in [-0.39, 0.29) is 11.8 Å². The van der Waals surface area contributed by atoms with Crippen molar-refractivity contribution >= 4 is 5.91 Å². The van der Waals surface area contributed by atoms with Gasteiger partial charge in [0.15, 0.2) is 0 Å². The number of nitriles is 1. The van der Waals surface area contributed by atoms with Gasteiger partial charge in [-0.1, -0.05) is 6.07 Å². The maximum Gasteiger partial charge on any atom is 0.226 e. The average molecular weight is 269 g/mol. The lowest BCUT2D eigenvalue weighted by Crippen LogP contribution is -2.36. The molecule has 0 bridgehead atoms. The SMILES string of the molecule is N#CCCN(Cc1cccnc1)C(=O)C1CC2CC2C1. The zero-order valence-electron chi connectivity index (χ0n) is 11.5. The minimum absolute atomic E-state index is 0.189. The second-order valence-electron chi connectivity index (χ2n) is 5.95. The molecule has 4 heteroatoms. The molecule has 0 spiro atoms. The van der Waals surface area contributed by atoms with Crippen LogP contribution < -0.4 is 0 Å². The maximum atomic E-state index is 12.6. The van der Waals surface area contributed by atoms with Crippen molar-refractivity contribution in [1.29, 1.82) is 5.26 Å². The highest BCUT2D eigenvalue weighted by Gasteiger charge is 2.48. The van der Waals surface area contributed by atoms with Crippen molar-refractivity contribution in [3.05, 3.63) is 30.1 Å². The molecule has 2 aliphatic rings. The fourth-order valence-electron chi connectivity index (χ4n) is 3.34. The Labute approximate surface area is 119 Å². The van der Waals surface area contributed by atoms with Gasteiger partial charge >= 0.3 is 0 Å². The number of hydrogen-bond donors (Lipinski definition) is 0. The third kappa shape index (κ3) is 2.82. The molecule has 1 heterocycles. The summed E-state index contributed by atoms with van der Waals surface area (Å²) in [7, 11) is 0. The molecular formula is C16H19N3O. The molecule has 2 atom stereocenters. The highest BCUT2D eigenvalue weighted by Crippen LogP contribution is 2.54. The van der Waals surface area contributed by atoms with Crippen LogP contribution in [0.4, 0.5) is 0 Å². The summed E-state index contributed by atoms with van der Waals surface area (Å²) >= 11 is 0. The van der Waals surface area contributed by atoms with E-state index in [9.17, 15) is 4.79 Å². The average Bonchev–Trinajstić information content (AvgIpc) is 3.10. The monoisotopic (exact) mass is 269 g/mol. The standard InChI is InChI=1S/C16H19N3O/c17-4-2-6-19(11-12-3-1-5-18-10-12)16(20)15-8-13-7-14(13)9-15/h1,3,5,10,13-15H,2,6-9,11H2. The summed E-state index contributed by atoms with van der Waals surface area (Å²) in [5.74, 6) is 2.03. The number of rotatable bonds is 5. The van der Waals surface area contributed by atoms with Crippen LogP contribution in [0.2, 0.25) is 0 Å². The number of pyridine rings is 1. The van der Waals surface area contributed by atoms with Crippen LogP contribution in [0.3, 0.4) is 0 Å². The summed E-state index contributed by atoms with van der Waals surface area (Å²) in [4.78, 5) is 18.6. The van der Waals surface area contributed by atoms with Gasteiger partial charge in [-0.25, -0.2) is 0 Å². The van der Waals surface area contributed by atoms with E-state index in [1.54, 1.807) is 12.4 Å². The molecule has 3 rings (SSSR count). The molecule has 2 fully saturated rings. The molecule has 2 unspecified atom stereocenters. The van der Waals surface area contributed by atoms with Crippen molar-refractivity contribution in [2.45, 2.75) is 32.2 Å². The van der Waals surface area contributed by atoms with Gasteiger partial charge < -0.3 is 4.90 Å². The van der Waals surface area contributed by atoms with Crippen molar-refractivity contribution < 1.29 is 4.79 Å². The molecule has 1 amide bonds. The maximum absolute atomic E-state index is 12.6. The van der Waals surface area contributed by atoms with Gasteiger partial charge in [0.2, 0.25) is 5.91 Å². The third-order valence-electron chi connectivity index (χ3n) is 4.49. The largest absolute Gasteiger partial charge is 0.337 e. The van der Waals surface area contributed by atoms with Crippen LogP contribution in [-0.2, 0) is 11.3 Å². The Morgan fingerprint density at radius 2 is 2.20 bits per heavy atom. The molecule has 0 aromatic carbocycles. The van der Waals surface area contributed by atoms with Gasteiger partial charge in [0, 0.05) is 31.4 Å². The zero-order chi connectivity index (χ0) is 13.9. The Kier molecular flexibility index (Phi) is 3.68. The van der Waals surface area contributed by atoms with Crippen LogP contribution in [0.15, 0.2) is 24.5 Å². The third-order valence-corrected chi connectivity index (χ3v) is 4.49. The predicted molar refractivity (Wildman–Crippen MR) is 74.2 cm³/mol. The van der Waals surface area contributed by atoms with Crippen LogP contribution in [0.5, 0.6) is 0 Å². The second kappa shape index (κ2) is 5.62. The van der Waals surface area contributed by atoms with Gasteiger partial charge in [0.25, 0.3) is 0 Å². The molecule has 1 aromatic heterocycles. The Bertz CT molecular complexity index is 512. The normalized spacial score (nSPS) is 26.6. The first-order valence-electron chi connectivity index (χ1n) is 7.32. The van der Waals surface area contributed by atoms with Crippen LogP contribution in [0.25, 0.3) is 0 Å². The zero-order valence-corrected chi connectivity index (χ0v) is 11.5. The lowest BCUT2D eigenvalue weighted by Gasteiger charge is -2.25. The Hall–Kier alpha value is -1.89. The Morgan fingerprint density at radius 3 is 2.85 bits per heavy atom. The second-order valence-corrected chi connectivity index (χ2v) is 5.95. The topological polar surface area (TPSA) is 57.0 Å². The van der Waals surface area contributed by atoms with E-state index in [1.807, 2.05) is 17.0 Å². The summed E-state index contributed by atoms with van der Waals surface area (Å²) in [6, 6.07) is 6.00. The summed E-state index contributed by atoms with van der Waals surface area (Å²) < 4.78 is 0. The number of nitrogens with zero attached hydrogens (tertiary/aromatic N) is 3. The first kappa shape index (κ1) is 13.1. The smallest absolute Gasteiger partial charge is 0.226 e. The molecular weight excluding hydrogens is 250 g/mol. The number of hydrogen-bond acceptors (Lipinski definition) is 3. The van der Waals surface area contributed by atoms with Crippen LogP contribution >= 0.6 is 0 Å². The molecule has 2 saturated carbocycles. The summed E-state index contributed by atoms with van der Waals surface area (Å²) in [5, 5.41) is 8.78. The number of carbonyl (C=O) groups is 1. The lowest BCUT2D eigenvalue weighted by atomic mass is 10.0. The molecule has 1 aromatic rings. The summed E-state index contributed by atoms with van der Waals surface area (Å²) in [6.07, 6.45) is 7.35. The molecule has 104 valence electrons. The highest BCUT2D eigenvalue weighted by atomic mass is 16.2. The quantitative estimate of drug-likeness (QED) is 0.824. The van der Waals surface area contributed by atoms with Crippen molar-refractivity contribution in [1.82, 2.24) is 9.88 Å². The molecule has 20 heavy (non-hydrogen) atoms. The molecule has 0 radical (unpaired) electrons. The number of fused-ring (bicyclic) bond motifs is 1. The van der Waals surface area contributed by atoms with Gasteiger partial charge in [-0.15, -0.1) is 0 Å². The van der Waals surface area contributed by atoms with Crippen LogP contribution in [0.1, 0.15) is 31.2 Å². The van der Waals surface area contributed by atoms with Gasteiger partial charge in [0.05, 0.1) is 12.5 Å². The molecule has 0 aliphatic heterocycles. The molecule has 0 saturated heterocycles. The highest BCUT2D eigenvalue weighted by molar-refractivity contribution is 5.79. The predicted octanol–water partition coefficient (Wildman–Crippen LogP) is 2.37.